The summed E-state index contributed by atoms with van der Waals surface area (Å²) in [6, 6.07) is 12.4. The first-order valence-corrected chi connectivity index (χ1v) is 8.46. The van der Waals surface area contributed by atoms with E-state index in [9.17, 15) is 23.2 Å². The molecule has 2 N–H and O–H groups in total. The van der Waals surface area contributed by atoms with E-state index in [1.807, 2.05) is 0 Å². The smallest absolute Gasteiger partial charge is 0.387 e. The Balaban J connectivity index is 1.61. The van der Waals surface area contributed by atoms with Crippen LogP contribution >= 0.6 is 0 Å². The zero-order valence-electron chi connectivity index (χ0n) is 14.7. The number of halogens is 2. The van der Waals surface area contributed by atoms with Gasteiger partial charge in [0.05, 0.1) is 17.3 Å². The van der Waals surface area contributed by atoms with Crippen LogP contribution in [0.2, 0.25) is 0 Å². The highest BCUT2D eigenvalue weighted by molar-refractivity contribution is 5.80. The van der Waals surface area contributed by atoms with Gasteiger partial charge in [-0.05, 0) is 29.8 Å². The van der Waals surface area contributed by atoms with Gasteiger partial charge in [0, 0.05) is 13.0 Å². The number of H-pyrrole nitrogens is 1. The molecule has 9 heteroatoms. The summed E-state index contributed by atoms with van der Waals surface area (Å²) in [6.45, 7) is -2.81. The molecule has 0 saturated carbocycles. The number of aromatic amines is 1. The van der Waals surface area contributed by atoms with Crippen LogP contribution in [0, 0.1) is 0 Å². The van der Waals surface area contributed by atoms with Crippen molar-refractivity contribution in [1.29, 1.82) is 0 Å². The molecule has 0 unspecified atom stereocenters. The van der Waals surface area contributed by atoms with Crippen LogP contribution in [-0.4, -0.2) is 22.3 Å². The average molecular weight is 389 g/mol. The van der Waals surface area contributed by atoms with Gasteiger partial charge in [-0.2, -0.15) is 8.78 Å². The molecule has 3 aromatic rings. The van der Waals surface area contributed by atoms with E-state index in [2.05, 4.69) is 15.2 Å². The van der Waals surface area contributed by atoms with Crippen molar-refractivity contribution in [1.82, 2.24) is 15.1 Å². The second-order valence-electron chi connectivity index (χ2n) is 6.00. The van der Waals surface area contributed by atoms with Crippen molar-refractivity contribution in [2.24, 2.45) is 0 Å². The molecule has 0 spiro atoms. The summed E-state index contributed by atoms with van der Waals surface area (Å²) in [6.07, 6.45) is -0.0403. The van der Waals surface area contributed by atoms with E-state index < -0.39 is 12.2 Å². The third-order valence-electron chi connectivity index (χ3n) is 4.06. The van der Waals surface area contributed by atoms with E-state index in [1.54, 1.807) is 36.4 Å². The number of carbonyl (C=O) groups excluding carboxylic acids is 1. The van der Waals surface area contributed by atoms with E-state index in [4.69, 9.17) is 0 Å². The molecule has 146 valence electrons. The van der Waals surface area contributed by atoms with Crippen molar-refractivity contribution < 1.29 is 18.3 Å². The Bertz CT molecular complexity index is 1110. The molecule has 0 bridgehead atoms. The quantitative estimate of drug-likeness (QED) is 0.646. The third-order valence-corrected chi connectivity index (χ3v) is 4.06. The molecule has 28 heavy (non-hydrogen) atoms. The van der Waals surface area contributed by atoms with Gasteiger partial charge in [0.25, 0.3) is 11.1 Å². The lowest BCUT2D eigenvalue weighted by Crippen LogP contribution is -2.32. The number of ether oxygens (including phenoxy) is 1. The summed E-state index contributed by atoms with van der Waals surface area (Å²) in [5.41, 5.74) is -0.214. The van der Waals surface area contributed by atoms with Gasteiger partial charge >= 0.3 is 6.61 Å². The van der Waals surface area contributed by atoms with Crippen LogP contribution in [0.4, 0.5) is 8.78 Å². The van der Waals surface area contributed by atoms with E-state index in [0.29, 0.717) is 10.9 Å². The highest BCUT2D eigenvalue weighted by Gasteiger charge is 2.09. The minimum atomic E-state index is -2.92. The standard InChI is InChI=1S/C19H17F2N3O4/c20-19(21)28-13-5-3-4-12(10-13)11-22-16(25)8-9-24-18(27)15-7-2-1-6-14(15)17(26)23-24/h1-7,10,19H,8-9,11H2,(H,22,25)(H,23,26). The second-order valence-corrected chi connectivity index (χ2v) is 6.00. The minimum absolute atomic E-state index is 0.000720. The summed E-state index contributed by atoms with van der Waals surface area (Å²) >= 11 is 0. The summed E-state index contributed by atoms with van der Waals surface area (Å²) < 4.78 is 29.9. The second kappa shape index (κ2) is 8.47. The number of rotatable bonds is 7. The van der Waals surface area contributed by atoms with Crippen molar-refractivity contribution >= 4 is 16.7 Å². The van der Waals surface area contributed by atoms with Crippen molar-refractivity contribution in [3.8, 4) is 5.75 Å². The zero-order valence-corrected chi connectivity index (χ0v) is 14.7. The first-order chi connectivity index (χ1) is 13.4. The number of aromatic nitrogens is 2. The monoisotopic (exact) mass is 389 g/mol. The molecule has 1 amide bonds. The van der Waals surface area contributed by atoms with Crippen molar-refractivity contribution in [3.63, 3.8) is 0 Å². The molecule has 2 aromatic carbocycles. The lowest BCUT2D eigenvalue weighted by molar-refractivity contribution is -0.121. The lowest BCUT2D eigenvalue weighted by atomic mass is 10.2. The van der Waals surface area contributed by atoms with E-state index >= 15 is 0 Å². The van der Waals surface area contributed by atoms with Crippen LogP contribution in [0.3, 0.4) is 0 Å². The van der Waals surface area contributed by atoms with Gasteiger partial charge in [-0.25, -0.2) is 4.68 Å². The first kappa shape index (κ1) is 19.3. The number of benzene rings is 2. The topological polar surface area (TPSA) is 93.2 Å². The predicted molar refractivity (Wildman–Crippen MR) is 98.4 cm³/mol. The van der Waals surface area contributed by atoms with Crippen molar-refractivity contribution in [2.75, 3.05) is 0 Å². The maximum absolute atomic E-state index is 12.4. The molecule has 0 aliphatic heterocycles. The number of nitrogens with zero attached hydrogens (tertiary/aromatic N) is 1. The normalized spacial score (nSPS) is 11.0. The van der Waals surface area contributed by atoms with Gasteiger partial charge in [0.2, 0.25) is 5.91 Å². The number of hydrogen-bond donors (Lipinski definition) is 2. The fourth-order valence-corrected chi connectivity index (χ4v) is 2.74. The molecular formula is C19H17F2N3O4. The molecule has 0 saturated heterocycles. The van der Waals surface area contributed by atoms with Gasteiger partial charge < -0.3 is 10.1 Å². The number of amides is 1. The Kier molecular flexibility index (Phi) is 5.83. The van der Waals surface area contributed by atoms with Crippen LogP contribution in [0.5, 0.6) is 5.75 Å². The summed E-state index contributed by atoms with van der Waals surface area (Å²) in [7, 11) is 0. The van der Waals surface area contributed by atoms with Gasteiger partial charge in [0.15, 0.2) is 0 Å². The summed E-state index contributed by atoms with van der Waals surface area (Å²) in [5, 5.41) is 5.66. The molecule has 1 heterocycles. The molecule has 3 rings (SSSR count). The van der Waals surface area contributed by atoms with Crippen LogP contribution in [0.1, 0.15) is 12.0 Å². The van der Waals surface area contributed by atoms with Crippen molar-refractivity contribution in [2.45, 2.75) is 26.1 Å². The number of hydrogen-bond acceptors (Lipinski definition) is 4. The van der Waals surface area contributed by atoms with Crippen LogP contribution in [0.15, 0.2) is 58.1 Å². The van der Waals surface area contributed by atoms with E-state index in [1.165, 1.54) is 12.1 Å². The maximum Gasteiger partial charge on any atom is 0.387 e. The van der Waals surface area contributed by atoms with Gasteiger partial charge in [-0.3, -0.25) is 19.5 Å². The van der Waals surface area contributed by atoms with Crippen LogP contribution in [-0.2, 0) is 17.9 Å². The first-order valence-electron chi connectivity index (χ1n) is 8.46. The number of fused-ring (bicyclic) bond motifs is 1. The van der Waals surface area contributed by atoms with Gasteiger partial charge in [-0.15, -0.1) is 0 Å². The largest absolute Gasteiger partial charge is 0.435 e. The predicted octanol–water partition coefficient (Wildman–Crippen LogP) is 2.00. The summed E-state index contributed by atoms with van der Waals surface area (Å²) in [4.78, 5) is 36.5. The number of carbonyl (C=O) groups is 1. The molecule has 1 aromatic heterocycles. The molecule has 0 radical (unpaired) electrons. The molecule has 0 fully saturated rings. The highest BCUT2D eigenvalue weighted by atomic mass is 19.3. The Hall–Kier alpha value is -3.49. The van der Waals surface area contributed by atoms with Crippen molar-refractivity contribution in [3.05, 3.63) is 74.8 Å². The number of nitrogens with one attached hydrogen (secondary N) is 2. The Morgan fingerprint density at radius 3 is 2.61 bits per heavy atom. The number of alkyl halides is 2. The fraction of sp³-hybridized carbons (Fsp3) is 0.211. The third kappa shape index (κ3) is 4.61. The Labute approximate surface area is 157 Å². The molecule has 0 aliphatic carbocycles. The molecular weight excluding hydrogens is 372 g/mol. The molecule has 0 atom stereocenters. The SMILES string of the molecule is O=C(CCn1[nH]c(=O)c2ccccc2c1=O)NCc1cccc(OC(F)F)c1. The van der Waals surface area contributed by atoms with E-state index in [0.717, 1.165) is 4.68 Å². The maximum atomic E-state index is 12.4. The minimum Gasteiger partial charge on any atom is -0.435 e. The molecule has 7 nitrogen and oxygen atoms in total. The van der Waals surface area contributed by atoms with Crippen LogP contribution < -0.4 is 21.2 Å². The van der Waals surface area contributed by atoms with Crippen LogP contribution in [0.25, 0.3) is 10.8 Å². The average Bonchev–Trinajstić information content (AvgIpc) is 2.68. The van der Waals surface area contributed by atoms with Gasteiger partial charge in [0.1, 0.15) is 5.75 Å². The molecule has 0 aliphatic rings. The number of aryl methyl sites for hydroxylation is 1. The highest BCUT2D eigenvalue weighted by Crippen LogP contribution is 2.15. The fourth-order valence-electron chi connectivity index (χ4n) is 2.74. The Morgan fingerprint density at radius 2 is 1.86 bits per heavy atom. The zero-order chi connectivity index (χ0) is 20.1. The van der Waals surface area contributed by atoms with Gasteiger partial charge in [-0.1, -0.05) is 24.3 Å². The van der Waals surface area contributed by atoms with E-state index in [-0.39, 0.29) is 42.1 Å². The summed E-state index contributed by atoms with van der Waals surface area (Å²) in [5.74, 6) is -0.358. The lowest BCUT2D eigenvalue weighted by Gasteiger charge is -2.09. The Morgan fingerprint density at radius 1 is 1.11 bits per heavy atom.